The van der Waals surface area contributed by atoms with Crippen molar-refractivity contribution in [2.24, 2.45) is 0 Å². The lowest BCUT2D eigenvalue weighted by atomic mass is 9.99. The van der Waals surface area contributed by atoms with Gasteiger partial charge in [-0.2, -0.15) is 0 Å². The summed E-state index contributed by atoms with van der Waals surface area (Å²) in [6, 6.07) is 11.7. The van der Waals surface area contributed by atoms with E-state index < -0.39 is 0 Å². The van der Waals surface area contributed by atoms with Crippen molar-refractivity contribution in [1.29, 1.82) is 0 Å². The van der Waals surface area contributed by atoms with E-state index in [1.54, 1.807) is 12.1 Å². The summed E-state index contributed by atoms with van der Waals surface area (Å²) in [5.41, 5.74) is 3.96. The number of rotatable bonds is 4. The van der Waals surface area contributed by atoms with Crippen LogP contribution in [0.5, 0.6) is 11.5 Å². The Morgan fingerprint density at radius 1 is 1.27 bits per heavy atom. The smallest absolute Gasteiger partial charge is 0.162 e. The molecule has 1 aliphatic rings. The fraction of sp³-hybridized carbons (Fsp3) is 0.278. The van der Waals surface area contributed by atoms with Crippen LogP contribution in [0, 0.1) is 0 Å². The highest BCUT2D eigenvalue weighted by Crippen LogP contribution is 2.32. The summed E-state index contributed by atoms with van der Waals surface area (Å²) < 4.78 is 5.15. The summed E-state index contributed by atoms with van der Waals surface area (Å²) in [5.74, 6) is 0.462. The zero-order chi connectivity index (χ0) is 15.5. The maximum atomic E-state index is 11.0. The van der Waals surface area contributed by atoms with Crippen molar-refractivity contribution >= 4 is 6.29 Å². The van der Waals surface area contributed by atoms with Crippen LogP contribution in [0.3, 0.4) is 0 Å². The summed E-state index contributed by atoms with van der Waals surface area (Å²) in [7, 11) is 1.49. The molecule has 22 heavy (non-hydrogen) atoms. The van der Waals surface area contributed by atoms with E-state index in [4.69, 9.17) is 4.74 Å². The Bertz CT molecular complexity index is 697. The number of ether oxygens (including phenoxy) is 1. The van der Waals surface area contributed by atoms with Crippen molar-refractivity contribution in [2.75, 3.05) is 13.7 Å². The summed E-state index contributed by atoms with van der Waals surface area (Å²) in [4.78, 5) is 13.3. The van der Waals surface area contributed by atoms with Crippen LogP contribution in [0.1, 0.15) is 27.0 Å². The largest absolute Gasteiger partial charge is 0.504 e. The molecule has 2 aromatic rings. The molecule has 4 nitrogen and oxygen atoms in total. The molecule has 0 fully saturated rings. The first-order valence-electron chi connectivity index (χ1n) is 7.35. The highest BCUT2D eigenvalue weighted by molar-refractivity contribution is 5.77. The highest BCUT2D eigenvalue weighted by atomic mass is 16.5. The van der Waals surface area contributed by atoms with E-state index in [9.17, 15) is 9.90 Å². The van der Waals surface area contributed by atoms with Gasteiger partial charge >= 0.3 is 0 Å². The van der Waals surface area contributed by atoms with E-state index in [0.717, 1.165) is 31.4 Å². The lowest BCUT2D eigenvalue weighted by Gasteiger charge is -2.29. The van der Waals surface area contributed by atoms with E-state index in [0.29, 0.717) is 17.9 Å². The Kier molecular flexibility index (Phi) is 4.11. The molecule has 114 valence electrons. The van der Waals surface area contributed by atoms with Crippen LogP contribution in [-0.4, -0.2) is 29.9 Å². The minimum absolute atomic E-state index is 0.118. The van der Waals surface area contributed by atoms with E-state index in [2.05, 4.69) is 29.2 Å². The first kappa shape index (κ1) is 14.6. The number of carbonyl (C=O) groups excluding carboxylic acids is 1. The van der Waals surface area contributed by atoms with Crippen LogP contribution in [0.2, 0.25) is 0 Å². The first-order chi connectivity index (χ1) is 10.7. The Morgan fingerprint density at radius 3 is 2.77 bits per heavy atom. The standard InChI is InChI=1S/C18H19NO3/c1-22-17-9-13(12-20)8-16(18(17)21)11-19-7-6-14-4-2-3-5-15(14)10-19/h2-5,8-9,12,21H,6-7,10-11H2,1H3. The molecule has 1 aliphatic heterocycles. The number of nitrogens with zero attached hydrogens (tertiary/aromatic N) is 1. The lowest BCUT2D eigenvalue weighted by molar-refractivity contribution is 0.112. The molecule has 0 atom stereocenters. The van der Waals surface area contributed by atoms with Crippen LogP contribution in [0.25, 0.3) is 0 Å². The van der Waals surface area contributed by atoms with Gasteiger partial charge in [0.1, 0.15) is 6.29 Å². The second-order valence-corrected chi connectivity index (χ2v) is 5.58. The maximum absolute atomic E-state index is 11.0. The molecule has 4 heteroatoms. The number of fused-ring (bicyclic) bond motifs is 1. The molecule has 0 spiro atoms. The van der Waals surface area contributed by atoms with Gasteiger partial charge in [-0.15, -0.1) is 0 Å². The average molecular weight is 297 g/mol. The fourth-order valence-electron chi connectivity index (χ4n) is 2.96. The van der Waals surface area contributed by atoms with Gasteiger partial charge in [0.2, 0.25) is 0 Å². The van der Waals surface area contributed by atoms with E-state index in [-0.39, 0.29) is 5.75 Å². The molecule has 0 bridgehead atoms. The SMILES string of the molecule is COc1cc(C=O)cc(CN2CCc3ccccc3C2)c1O. The predicted molar refractivity (Wildman–Crippen MR) is 84.3 cm³/mol. The zero-order valence-electron chi connectivity index (χ0n) is 12.6. The second kappa shape index (κ2) is 6.20. The fourth-order valence-corrected chi connectivity index (χ4v) is 2.96. The molecule has 0 saturated heterocycles. The van der Waals surface area contributed by atoms with Crippen molar-refractivity contribution in [1.82, 2.24) is 4.90 Å². The third-order valence-corrected chi connectivity index (χ3v) is 4.14. The maximum Gasteiger partial charge on any atom is 0.162 e. The van der Waals surface area contributed by atoms with Gasteiger partial charge in [-0.3, -0.25) is 9.69 Å². The number of hydrogen-bond acceptors (Lipinski definition) is 4. The molecule has 0 saturated carbocycles. The van der Waals surface area contributed by atoms with Crippen LogP contribution >= 0.6 is 0 Å². The van der Waals surface area contributed by atoms with Crippen molar-refractivity contribution in [3.8, 4) is 11.5 Å². The Balaban J connectivity index is 1.83. The molecule has 2 aromatic carbocycles. The third-order valence-electron chi connectivity index (χ3n) is 4.14. The topological polar surface area (TPSA) is 49.8 Å². The molecule has 1 N–H and O–H groups in total. The number of hydrogen-bond donors (Lipinski definition) is 1. The quantitative estimate of drug-likeness (QED) is 0.882. The van der Waals surface area contributed by atoms with E-state index in [1.807, 2.05) is 0 Å². The first-order valence-corrected chi connectivity index (χ1v) is 7.35. The van der Waals surface area contributed by atoms with Gasteiger partial charge in [0.05, 0.1) is 7.11 Å². The second-order valence-electron chi connectivity index (χ2n) is 5.58. The van der Waals surface area contributed by atoms with Crippen LogP contribution < -0.4 is 4.74 Å². The Hall–Kier alpha value is -2.33. The van der Waals surface area contributed by atoms with E-state index >= 15 is 0 Å². The number of aromatic hydroxyl groups is 1. The van der Waals surface area contributed by atoms with Crippen LogP contribution in [-0.2, 0) is 19.5 Å². The number of phenols is 1. The van der Waals surface area contributed by atoms with Crippen molar-refractivity contribution in [3.05, 3.63) is 58.7 Å². The zero-order valence-corrected chi connectivity index (χ0v) is 12.6. The number of carbonyl (C=O) groups is 1. The summed E-state index contributed by atoms with van der Waals surface area (Å²) >= 11 is 0. The van der Waals surface area contributed by atoms with Gasteiger partial charge < -0.3 is 9.84 Å². The molecular formula is C18H19NO3. The normalized spacial score (nSPS) is 14.4. The Labute approximate surface area is 130 Å². The number of methoxy groups -OCH3 is 1. The van der Waals surface area contributed by atoms with Crippen molar-refractivity contribution in [2.45, 2.75) is 19.5 Å². The van der Waals surface area contributed by atoms with Gasteiger partial charge in [0, 0.05) is 30.8 Å². The summed E-state index contributed by atoms with van der Waals surface area (Å²) in [6.07, 6.45) is 1.78. The summed E-state index contributed by atoms with van der Waals surface area (Å²) in [6.45, 7) is 2.38. The average Bonchev–Trinajstić information content (AvgIpc) is 2.56. The molecule has 0 unspecified atom stereocenters. The molecule has 3 rings (SSSR count). The minimum Gasteiger partial charge on any atom is -0.504 e. The lowest BCUT2D eigenvalue weighted by Crippen LogP contribution is -2.30. The number of phenolic OH excluding ortho intramolecular Hbond substituents is 1. The summed E-state index contributed by atoms with van der Waals surface area (Å²) in [5, 5.41) is 10.3. The molecule has 0 radical (unpaired) electrons. The number of benzene rings is 2. The third kappa shape index (κ3) is 2.83. The van der Waals surface area contributed by atoms with Crippen molar-refractivity contribution in [3.63, 3.8) is 0 Å². The van der Waals surface area contributed by atoms with Gasteiger partial charge in [-0.25, -0.2) is 0 Å². The van der Waals surface area contributed by atoms with Gasteiger partial charge in [-0.1, -0.05) is 24.3 Å². The van der Waals surface area contributed by atoms with Crippen LogP contribution in [0.15, 0.2) is 36.4 Å². The minimum atomic E-state index is 0.118. The molecule has 0 aromatic heterocycles. The molecule has 0 amide bonds. The molecule has 0 aliphatic carbocycles. The van der Waals surface area contributed by atoms with Crippen molar-refractivity contribution < 1.29 is 14.6 Å². The highest BCUT2D eigenvalue weighted by Gasteiger charge is 2.18. The molecular weight excluding hydrogens is 278 g/mol. The van der Waals surface area contributed by atoms with Gasteiger partial charge in [0.15, 0.2) is 11.5 Å². The van der Waals surface area contributed by atoms with Crippen LogP contribution in [0.4, 0.5) is 0 Å². The Morgan fingerprint density at radius 2 is 2.05 bits per heavy atom. The molecule has 1 heterocycles. The monoisotopic (exact) mass is 297 g/mol. The predicted octanol–water partition coefficient (Wildman–Crippen LogP) is 2.77. The van der Waals surface area contributed by atoms with E-state index in [1.165, 1.54) is 18.2 Å². The number of aldehydes is 1. The van der Waals surface area contributed by atoms with Gasteiger partial charge in [0.25, 0.3) is 0 Å². The van der Waals surface area contributed by atoms with Gasteiger partial charge in [-0.05, 0) is 29.7 Å².